The molecule has 0 bridgehead atoms. The van der Waals surface area contributed by atoms with Gasteiger partial charge < -0.3 is 10.4 Å². The summed E-state index contributed by atoms with van der Waals surface area (Å²) in [4.78, 5) is 12.1. The fourth-order valence-corrected chi connectivity index (χ4v) is 2.74. The number of amides is 1. The highest BCUT2D eigenvalue weighted by Crippen LogP contribution is 2.37. The van der Waals surface area contributed by atoms with Crippen LogP contribution in [-0.4, -0.2) is 23.7 Å². The monoisotopic (exact) mass is 289 g/mol. The van der Waals surface area contributed by atoms with E-state index in [1.807, 2.05) is 0 Å². The maximum atomic E-state index is 14.0. The number of hydrogen-bond acceptors (Lipinski definition) is 2. The van der Waals surface area contributed by atoms with Crippen molar-refractivity contribution in [2.45, 2.75) is 39.2 Å². The molecule has 21 heavy (non-hydrogen) atoms. The molecule has 2 rings (SSSR count). The highest BCUT2D eigenvalue weighted by atomic mass is 19.1. The Kier molecular flexibility index (Phi) is 4.64. The van der Waals surface area contributed by atoms with Gasteiger partial charge in [0.25, 0.3) is 5.91 Å². The Morgan fingerprint density at radius 2 is 2.29 bits per heavy atom. The van der Waals surface area contributed by atoms with Crippen LogP contribution in [-0.2, 0) is 0 Å². The second-order valence-electron chi connectivity index (χ2n) is 6.23. The topological polar surface area (TPSA) is 49.3 Å². The second kappa shape index (κ2) is 6.28. The lowest BCUT2D eigenvalue weighted by Crippen LogP contribution is -2.34. The van der Waals surface area contributed by atoms with E-state index in [4.69, 9.17) is 5.11 Å². The minimum atomic E-state index is -0.588. The summed E-state index contributed by atoms with van der Waals surface area (Å²) in [6, 6.07) is 4.35. The van der Waals surface area contributed by atoms with Crippen LogP contribution < -0.4 is 5.32 Å². The SMILES string of the molecule is CC1(C)CCC(NC(=O)c2ccc(C#CCO)cc2F)C1. The van der Waals surface area contributed by atoms with Gasteiger partial charge >= 0.3 is 0 Å². The zero-order valence-corrected chi connectivity index (χ0v) is 12.4. The molecule has 3 nitrogen and oxygen atoms in total. The van der Waals surface area contributed by atoms with Crippen molar-refractivity contribution >= 4 is 5.91 Å². The van der Waals surface area contributed by atoms with Crippen LogP contribution in [0.25, 0.3) is 0 Å². The summed E-state index contributed by atoms with van der Waals surface area (Å²) in [5, 5.41) is 11.5. The van der Waals surface area contributed by atoms with Crippen molar-refractivity contribution in [1.82, 2.24) is 5.32 Å². The van der Waals surface area contributed by atoms with Crippen molar-refractivity contribution < 1.29 is 14.3 Å². The summed E-state index contributed by atoms with van der Waals surface area (Å²) in [6.45, 7) is 4.07. The van der Waals surface area contributed by atoms with Crippen molar-refractivity contribution in [3.8, 4) is 11.8 Å². The number of halogens is 1. The smallest absolute Gasteiger partial charge is 0.254 e. The highest BCUT2D eigenvalue weighted by Gasteiger charge is 2.32. The zero-order chi connectivity index (χ0) is 15.5. The van der Waals surface area contributed by atoms with Crippen LogP contribution in [0.15, 0.2) is 18.2 Å². The predicted octanol–water partition coefficient (Wildman–Crippen LogP) is 2.48. The third kappa shape index (κ3) is 4.05. The molecule has 1 unspecified atom stereocenters. The van der Waals surface area contributed by atoms with Crippen LogP contribution in [0.4, 0.5) is 4.39 Å². The number of aliphatic hydroxyl groups is 1. The average Bonchev–Trinajstić information content (AvgIpc) is 2.75. The fourth-order valence-electron chi connectivity index (χ4n) is 2.74. The van der Waals surface area contributed by atoms with Gasteiger partial charge in [-0.2, -0.15) is 0 Å². The van der Waals surface area contributed by atoms with Crippen LogP contribution >= 0.6 is 0 Å². The molecular weight excluding hydrogens is 269 g/mol. The summed E-state index contributed by atoms with van der Waals surface area (Å²) < 4.78 is 14.0. The number of carbonyl (C=O) groups excluding carboxylic acids is 1. The Morgan fingerprint density at radius 3 is 2.86 bits per heavy atom. The van der Waals surface area contributed by atoms with E-state index in [9.17, 15) is 9.18 Å². The summed E-state index contributed by atoms with van der Waals surface area (Å²) in [6.07, 6.45) is 2.91. The van der Waals surface area contributed by atoms with Crippen LogP contribution in [0, 0.1) is 23.1 Å². The van der Waals surface area contributed by atoms with Crippen LogP contribution in [0.2, 0.25) is 0 Å². The molecule has 0 aromatic heterocycles. The van der Waals surface area contributed by atoms with E-state index in [0.29, 0.717) is 5.56 Å². The number of carbonyl (C=O) groups is 1. The van der Waals surface area contributed by atoms with Crippen molar-refractivity contribution in [2.24, 2.45) is 5.41 Å². The number of aliphatic hydroxyl groups excluding tert-OH is 1. The molecule has 1 atom stereocenters. The number of rotatable bonds is 2. The van der Waals surface area contributed by atoms with E-state index in [0.717, 1.165) is 19.3 Å². The summed E-state index contributed by atoms with van der Waals surface area (Å²) >= 11 is 0. The zero-order valence-electron chi connectivity index (χ0n) is 12.4. The van der Waals surface area contributed by atoms with Gasteiger partial charge in [0.2, 0.25) is 0 Å². The number of nitrogens with one attached hydrogen (secondary N) is 1. The Bertz CT molecular complexity index is 599. The summed E-state index contributed by atoms with van der Waals surface area (Å²) in [5.41, 5.74) is 0.717. The average molecular weight is 289 g/mol. The van der Waals surface area contributed by atoms with Crippen molar-refractivity contribution in [2.75, 3.05) is 6.61 Å². The van der Waals surface area contributed by atoms with E-state index >= 15 is 0 Å². The third-order valence-electron chi connectivity index (χ3n) is 3.83. The molecule has 0 radical (unpaired) electrons. The van der Waals surface area contributed by atoms with E-state index in [2.05, 4.69) is 31.0 Å². The molecule has 1 fully saturated rings. The Labute approximate surface area is 124 Å². The predicted molar refractivity (Wildman–Crippen MR) is 79.3 cm³/mol. The second-order valence-corrected chi connectivity index (χ2v) is 6.23. The molecule has 112 valence electrons. The fraction of sp³-hybridized carbons (Fsp3) is 0.471. The van der Waals surface area contributed by atoms with E-state index < -0.39 is 5.82 Å². The molecular formula is C17H20FNO2. The molecule has 1 amide bonds. The molecule has 2 N–H and O–H groups in total. The summed E-state index contributed by atoms with van der Waals surface area (Å²) in [7, 11) is 0. The van der Waals surface area contributed by atoms with Crippen molar-refractivity contribution in [3.63, 3.8) is 0 Å². The first kappa shape index (κ1) is 15.5. The minimum absolute atomic E-state index is 0.0363. The van der Waals surface area contributed by atoms with Gasteiger partial charge in [0.15, 0.2) is 0 Å². The third-order valence-corrected chi connectivity index (χ3v) is 3.83. The first-order valence-corrected chi connectivity index (χ1v) is 7.11. The quantitative estimate of drug-likeness (QED) is 0.822. The first-order valence-electron chi connectivity index (χ1n) is 7.11. The van der Waals surface area contributed by atoms with Crippen LogP contribution in [0.3, 0.4) is 0 Å². The number of benzene rings is 1. The Morgan fingerprint density at radius 1 is 1.52 bits per heavy atom. The molecule has 1 aromatic carbocycles. The summed E-state index contributed by atoms with van der Waals surface area (Å²) in [5.74, 6) is 4.09. The van der Waals surface area contributed by atoms with Gasteiger partial charge in [-0.15, -0.1) is 0 Å². The molecule has 0 heterocycles. The van der Waals surface area contributed by atoms with Gasteiger partial charge in [-0.1, -0.05) is 25.7 Å². The van der Waals surface area contributed by atoms with Crippen LogP contribution in [0.5, 0.6) is 0 Å². The van der Waals surface area contributed by atoms with Gasteiger partial charge in [-0.05, 0) is 42.9 Å². The molecule has 1 saturated carbocycles. The van der Waals surface area contributed by atoms with Crippen molar-refractivity contribution in [3.05, 3.63) is 35.1 Å². The Hall–Kier alpha value is -1.86. The molecule has 4 heteroatoms. The van der Waals surface area contributed by atoms with Gasteiger partial charge in [0.05, 0.1) is 5.56 Å². The van der Waals surface area contributed by atoms with E-state index in [1.165, 1.54) is 12.1 Å². The first-order chi connectivity index (χ1) is 9.91. The molecule has 0 aliphatic heterocycles. The van der Waals surface area contributed by atoms with E-state index in [1.54, 1.807) is 6.07 Å². The largest absolute Gasteiger partial charge is 0.384 e. The maximum Gasteiger partial charge on any atom is 0.254 e. The lowest BCUT2D eigenvalue weighted by Gasteiger charge is -2.18. The number of hydrogen-bond donors (Lipinski definition) is 2. The van der Waals surface area contributed by atoms with Gasteiger partial charge in [0, 0.05) is 11.6 Å². The van der Waals surface area contributed by atoms with Gasteiger partial charge in [-0.3, -0.25) is 4.79 Å². The van der Waals surface area contributed by atoms with Crippen molar-refractivity contribution in [1.29, 1.82) is 0 Å². The lowest BCUT2D eigenvalue weighted by molar-refractivity contribution is 0.0932. The Balaban J connectivity index is 2.06. The molecule has 0 saturated heterocycles. The van der Waals surface area contributed by atoms with Gasteiger partial charge in [0.1, 0.15) is 12.4 Å². The normalized spacial score (nSPS) is 19.7. The minimum Gasteiger partial charge on any atom is -0.384 e. The van der Waals surface area contributed by atoms with E-state index in [-0.39, 0.29) is 29.5 Å². The lowest BCUT2D eigenvalue weighted by atomic mass is 9.92. The molecule has 0 spiro atoms. The molecule has 1 aliphatic rings. The highest BCUT2D eigenvalue weighted by molar-refractivity contribution is 5.94. The standard InChI is InChI=1S/C17H20FNO2/c1-17(2)8-7-13(11-17)19-16(21)14-6-5-12(4-3-9-20)10-15(14)18/h5-6,10,13,20H,7-9,11H2,1-2H3,(H,19,21). The molecule has 1 aromatic rings. The maximum absolute atomic E-state index is 14.0. The molecule has 1 aliphatic carbocycles. The van der Waals surface area contributed by atoms with Crippen LogP contribution in [0.1, 0.15) is 49.0 Å². The van der Waals surface area contributed by atoms with Gasteiger partial charge in [-0.25, -0.2) is 4.39 Å².